The van der Waals surface area contributed by atoms with Crippen LogP contribution in [0, 0.1) is 0 Å². The molecule has 0 aliphatic heterocycles. The van der Waals surface area contributed by atoms with E-state index in [0.717, 1.165) is 41.4 Å². The fourth-order valence-electron chi connectivity index (χ4n) is 1.10. The molecule has 1 heterocycles. The van der Waals surface area contributed by atoms with E-state index in [-0.39, 0.29) is 31.4 Å². The summed E-state index contributed by atoms with van der Waals surface area (Å²) < 4.78 is 3.10. The van der Waals surface area contributed by atoms with Gasteiger partial charge in [0.1, 0.15) is 4.06 Å². The van der Waals surface area contributed by atoms with Crippen LogP contribution >= 0.6 is 22.7 Å². The molecule has 3 aromatic rings. The monoisotopic (exact) mass is 660 g/mol. The number of quaternary nitrogens is 2. The van der Waals surface area contributed by atoms with E-state index in [1.165, 1.54) is 0 Å². The average molecular weight is 659 g/mol. The molecule has 0 spiro atoms. The number of hydrogen-bond donors (Lipinski definition) is 0. The van der Waals surface area contributed by atoms with Gasteiger partial charge in [0.05, 0.1) is 56.4 Å². The summed E-state index contributed by atoms with van der Waals surface area (Å²) in [7, 11) is 17.0. The van der Waals surface area contributed by atoms with Gasteiger partial charge in [0, 0.05) is 0 Å². The first-order valence-corrected chi connectivity index (χ1v) is 12.8. The summed E-state index contributed by atoms with van der Waals surface area (Å²) in [5, 5.41) is 0. The van der Waals surface area contributed by atoms with E-state index in [2.05, 4.69) is 56.4 Å². The first-order valence-electron chi connectivity index (χ1n) is 9.49. The van der Waals surface area contributed by atoms with Gasteiger partial charge in [-0.15, -0.1) is 8.42 Å². The van der Waals surface area contributed by atoms with Crippen molar-refractivity contribution >= 4 is 73.2 Å². The van der Waals surface area contributed by atoms with Gasteiger partial charge >= 0.3 is 27.3 Å². The quantitative estimate of drug-likeness (QED) is 0.195. The van der Waals surface area contributed by atoms with Crippen molar-refractivity contribution in [3.05, 3.63) is 69.5 Å². The number of nitrogens with zero attached hydrogens (tertiary/aromatic N) is 2. The third-order valence-electron chi connectivity index (χ3n) is 2.01. The maximum absolute atomic E-state index is 10.4. The zero-order valence-corrected chi connectivity index (χ0v) is 29.7. The minimum Gasteiger partial charge on any atom is -0.780 e. The van der Waals surface area contributed by atoms with Gasteiger partial charge in [0.25, 0.3) is 0 Å². The van der Waals surface area contributed by atoms with Crippen LogP contribution in [0.2, 0.25) is 0 Å². The van der Waals surface area contributed by atoms with Crippen LogP contribution in [0.4, 0.5) is 0 Å². The summed E-state index contributed by atoms with van der Waals surface area (Å²) in [5.74, 6) is 0. The molecule has 0 unspecified atom stereocenters. The first-order chi connectivity index (χ1) is 14.5. The Balaban J connectivity index is -0.000000343. The summed E-state index contributed by atoms with van der Waals surface area (Å²) in [6.45, 7) is 0. The molecule has 0 aliphatic carbocycles. The summed E-state index contributed by atoms with van der Waals surface area (Å²) in [5.41, 5.74) is 0. The molecule has 3 rings (SSSR count). The molecule has 0 saturated heterocycles. The summed E-state index contributed by atoms with van der Waals surface area (Å²) in [4.78, 5) is 12.2. The topological polar surface area (TPSA) is 17.1 Å². The molecule has 1 aromatic heterocycles. The Morgan fingerprint density at radius 1 is 0.545 bits per heavy atom. The molecule has 0 saturated carbocycles. The second-order valence-corrected chi connectivity index (χ2v) is 13.5. The Morgan fingerprint density at radius 2 is 0.758 bits per heavy atom. The molecule has 180 valence electrons. The van der Waals surface area contributed by atoms with Gasteiger partial charge in [-0.05, 0) is 0 Å². The minimum atomic E-state index is 0. The summed E-state index contributed by atoms with van der Waals surface area (Å²) in [6.07, 6.45) is 0. The van der Waals surface area contributed by atoms with Gasteiger partial charge in [0.2, 0.25) is 0 Å². The van der Waals surface area contributed by atoms with Crippen LogP contribution in [-0.2, 0) is 77.8 Å². The molecule has 0 bridgehead atoms. The molecule has 0 fully saturated rings. The smallest absolute Gasteiger partial charge is 0.780 e. The van der Waals surface area contributed by atoms with Gasteiger partial charge in [-0.25, -0.2) is 0 Å². The Labute approximate surface area is 251 Å². The van der Waals surface area contributed by atoms with E-state index >= 15 is 0 Å². The van der Waals surface area contributed by atoms with Gasteiger partial charge in [-0.2, -0.15) is 9.79 Å². The Hall–Kier alpha value is 0.0121. The predicted octanol–water partition coefficient (Wildman–Crippen LogP) is 4.81. The molecule has 10 heteroatoms. The first kappa shape index (κ1) is 37.6. The predicted molar refractivity (Wildman–Crippen MR) is 152 cm³/mol. The standard InChI is InChI=1S/2C6H6S.2C4H12N.C3H2OS4.Cd/c2*7-6-4-2-1-3-5-6;2*1-5(2,3)4;4-3-7-1(5)2(6)8-3;/h2*1-5,7H;2*1-4H3;5-6H;/q;;2*+1;;+2/p-4. The molecule has 0 radical (unpaired) electrons. The van der Waals surface area contributed by atoms with E-state index in [9.17, 15) is 4.79 Å². The summed E-state index contributed by atoms with van der Waals surface area (Å²) >= 11 is 21.1. The van der Waals surface area contributed by atoms with Gasteiger partial charge in [0.15, 0.2) is 0 Å². The molecule has 0 atom stereocenters. The number of benzene rings is 2. The third kappa shape index (κ3) is 36.7. The van der Waals surface area contributed by atoms with Crippen molar-refractivity contribution < 1.29 is 36.3 Å². The normalized spacial score (nSPS) is 9.58. The van der Waals surface area contributed by atoms with E-state index in [0.29, 0.717) is 8.42 Å². The average Bonchev–Trinajstić information content (AvgIpc) is 2.90. The van der Waals surface area contributed by atoms with E-state index < -0.39 is 0 Å². The van der Waals surface area contributed by atoms with Crippen molar-refractivity contribution in [3.8, 4) is 0 Å². The minimum absolute atomic E-state index is 0. The Bertz CT molecular complexity index is 805. The zero-order valence-electron chi connectivity index (χ0n) is 20.7. The van der Waals surface area contributed by atoms with Crippen LogP contribution in [0.1, 0.15) is 0 Å². The van der Waals surface area contributed by atoms with E-state index in [1.54, 1.807) is 0 Å². The van der Waals surface area contributed by atoms with Gasteiger partial charge < -0.3 is 86.9 Å². The second-order valence-electron chi connectivity index (χ2n) is 9.02. The molecule has 3 nitrogen and oxygen atoms in total. The van der Waals surface area contributed by atoms with Crippen LogP contribution in [0.25, 0.3) is 0 Å². The summed E-state index contributed by atoms with van der Waals surface area (Å²) in [6, 6.07) is 19.2. The Morgan fingerprint density at radius 3 is 0.848 bits per heavy atom. The Kier molecular flexibility index (Phi) is 23.0. The van der Waals surface area contributed by atoms with Crippen molar-refractivity contribution in [1.82, 2.24) is 0 Å². The fraction of sp³-hybridized carbons (Fsp3) is 0.348. The maximum Gasteiger partial charge on any atom is 2.00 e. The van der Waals surface area contributed by atoms with Crippen LogP contribution < -0.4 is 4.06 Å². The van der Waals surface area contributed by atoms with E-state index in [1.807, 2.05) is 60.7 Å². The van der Waals surface area contributed by atoms with Crippen LogP contribution in [0.3, 0.4) is 0 Å². The molecule has 33 heavy (non-hydrogen) atoms. The van der Waals surface area contributed by atoms with Crippen molar-refractivity contribution in [3.63, 3.8) is 0 Å². The maximum atomic E-state index is 10.4. The zero-order chi connectivity index (χ0) is 25.4. The largest absolute Gasteiger partial charge is 2.00 e. The van der Waals surface area contributed by atoms with Gasteiger partial charge in [-0.1, -0.05) is 60.7 Å². The number of rotatable bonds is 0. The fourth-order valence-corrected chi connectivity index (χ4v) is 3.82. The van der Waals surface area contributed by atoms with Crippen molar-refractivity contribution in [1.29, 1.82) is 0 Å². The number of hydrogen-bond acceptors (Lipinski definition) is 7. The molecular weight excluding hydrogens is 625 g/mol. The molecule has 2 aromatic carbocycles. The van der Waals surface area contributed by atoms with Crippen LogP contribution in [0.5, 0.6) is 0 Å². The van der Waals surface area contributed by atoms with Crippen molar-refractivity contribution in [2.75, 3.05) is 56.4 Å². The third-order valence-corrected chi connectivity index (χ3v) is 5.59. The van der Waals surface area contributed by atoms with E-state index in [4.69, 9.17) is 50.5 Å². The SMILES string of the molecule is C[N+](C)(C)C.C[N+](C)(C)C.O=c1sc([S-])c([S-])s1.[Cd+2].[S-]c1ccccc1.[S-]c1ccccc1. The molecular formula is C23H34CdN2OS6. The van der Waals surface area contributed by atoms with Crippen molar-refractivity contribution in [2.24, 2.45) is 0 Å². The molecule has 0 amide bonds. The second kappa shape index (κ2) is 20.2. The van der Waals surface area contributed by atoms with Crippen molar-refractivity contribution in [2.45, 2.75) is 18.2 Å². The van der Waals surface area contributed by atoms with Crippen LogP contribution in [-0.4, -0.2) is 65.3 Å². The van der Waals surface area contributed by atoms with Crippen LogP contribution in [0.15, 0.2) is 83.7 Å². The van der Waals surface area contributed by atoms with Gasteiger partial charge in [-0.3, -0.25) is 0 Å². The molecule has 0 aliphatic rings. The molecule has 0 N–H and O–H groups in total.